The van der Waals surface area contributed by atoms with Crippen molar-refractivity contribution in [2.24, 2.45) is 0 Å². The van der Waals surface area contributed by atoms with Gasteiger partial charge in [0.25, 0.3) is 0 Å². The molecule has 0 saturated heterocycles. The van der Waals surface area contributed by atoms with Crippen LogP contribution in [0, 0.1) is 0 Å². The second-order valence-corrected chi connectivity index (χ2v) is 5.06. The van der Waals surface area contributed by atoms with Gasteiger partial charge >= 0.3 is 0 Å². The van der Waals surface area contributed by atoms with Crippen LogP contribution in [0.5, 0.6) is 5.75 Å². The van der Waals surface area contributed by atoms with Crippen molar-refractivity contribution in [3.05, 3.63) is 35.1 Å². The largest absolute Gasteiger partial charge is 0.489 e. The Hall–Kier alpha value is -1.62. The van der Waals surface area contributed by atoms with Crippen LogP contribution in [-0.4, -0.2) is 16.1 Å². The third-order valence-corrected chi connectivity index (χ3v) is 2.66. The maximum absolute atomic E-state index is 5.95. The van der Waals surface area contributed by atoms with Gasteiger partial charge in [0.1, 0.15) is 5.75 Å². The number of ether oxygens (including phenoxy) is 1. The smallest absolute Gasteiger partial charge is 0.159 e. The van der Waals surface area contributed by atoms with Gasteiger partial charge in [0, 0.05) is 18.0 Å². The summed E-state index contributed by atoms with van der Waals surface area (Å²) in [7, 11) is 0. The maximum Gasteiger partial charge on any atom is 0.159 e. The Bertz CT molecular complexity index is 540. The average molecular weight is 308 g/mol. The van der Waals surface area contributed by atoms with Gasteiger partial charge in [-0.05, 0) is 48.0 Å². The number of hydrogen-bond donors (Lipinski definition) is 1. The second-order valence-electron chi connectivity index (χ2n) is 4.14. The van der Waals surface area contributed by atoms with Crippen molar-refractivity contribution in [1.82, 2.24) is 9.97 Å². The molecule has 0 spiro atoms. The minimum absolute atomic E-state index is 0.0991. The van der Waals surface area contributed by atoms with Crippen LogP contribution in [0.3, 0.4) is 0 Å². The van der Waals surface area contributed by atoms with Gasteiger partial charge in [-0.2, -0.15) is 0 Å². The Morgan fingerprint density at radius 3 is 2.44 bits per heavy atom. The summed E-state index contributed by atoms with van der Waals surface area (Å²) < 4.78 is 6.43. The van der Waals surface area contributed by atoms with E-state index in [1.165, 1.54) is 0 Å². The Morgan fingerprint density at radius 1 is 1.22 bits per heavy atom. The Labute approximate surface area is 114 Å². The van der Waals surface area contributed by atoms with E-state index in [0.717, 1.165) is 10.0 Å². The molecule has 0 radical (unpaired) electrons. The van der Waals surface area contributed by atoms with Gasteiger partial charge in [-0.1, -0.05) is 0 Å². The molecular formula is C13H14BrN3O. The summed E-state index contributed by atoms with van der Waals surface area (Å²) in [5.74, 6) is 1.33. The van der Waals surface area contributed by atoms with E-state index < -0.39 is 0 Å². The summed E-state index contributed by atoms with van der Waals surface area (Å²) in [4.78, 5) is 8.45. The first kappa shape index (κ1) is 12.8. The van der Waals surface area contributed by atoms with Crippen molar-refractivity contribution in [2.75, 3.05) is 5.73 Å². The molecule has 0 aliphatic heterocycles. The van der Waals surface area contributed by atoms with Gasteiger partial charge in [0.05, 0.1) is 16.3 Å². The fourth-order valence-electron chi connectivity index (χ4n) is 1.51. The molecule has 0 bridgehead atoms. The first-order valence-electron chi connectivity index (χ1n) is 5.60. The van der Waals surface area contributed by atoms with Crippen LogP contribution in [0.2, 0.25) is 0 Å². The van der Waals surface area contributed by atoms with Crippen LogP contribution < -0.4 is 10.5 Å². The van der Waals surface area contributed by atoms with E-state index in [-0.39, 0.29) is 6.10 Å². The number of nitrogen functional groups attached to an aromatic ring is 1. The quantitative estimate of drug-likeness (QED) is 0.884. The van der Waals surface area contributed by atoms with Gasteiger partial charge in [-0.25, -0.2) is 9.97 Å². The van der Waals surface area contributed by atoms with Gasteiger partial charge in [0.15, 0.2) is 5.82 Å². The number of aromatic nitrogens is 2. The lowest BCUT2D eigenvalue weighted by Gasteiger charge is -2.12. The standard InChI is InChI=1S/C13H14BrN3O/c1-8(2)18-12-4-3-9(5-11(12)15)13-16-6-10(14)7-17-13/h3-8H,15H2,1-2H3. The van der Waals surface area contributed by atoms with Gasteiger partial charge in [-0.15, -0.1) is 0 Å². The lowest BCUT2D eigenvalue weighted by Crippen LogP contribution is -2.07. The van der Waals surface area contributed by atoms with E-state index >= 15 is 0 Å². The zero-order valence-electron chi connectivity index (χ0n) is 10.2. The van der Waals surface area contributed by atoms with Gasteiger partial charge < -0.3 is 10.5 Å². The number of anilines is 1. The molecule has 2 N–H and O–H groups in total. The monoisotopic (exact) mass is 307 g/mol. The predicted molar refractivity (Wildman–Crippen MR) is 75.3 cm³/mol. The minimum Gasteiger partial charge on any atom is -0.489 e. The van der Waals surface area contributed by atoms with Crippen molar-refractivity contribution in [3.63, 3.8) is 0 Å². The number of rotatable bonds is 3. The summed E-state index contributed by atoms with van der Waals surface area (Å²) in [6.45, 7) is 3.93. The summed E-state index contributed by atoms with van der Waals surface area (Å²) in [6.07, 6.45) is 3.51. The Kier molecular flexibility index (Phi) is 3.81. The molecule has 0 aliphatic rings. The van der Waals surface area contributed by atoms with Crippen molar-refractivity contribution < 1.29 is 4.74 Å². The SMILES string of the molecule is CC(C)Oc1ccc(-c2ncc(Br)cn2)cc1N. The van der Waals surface area contributed by atoms with E-state index in [0.29, 0.717) is 17.3 Å². The van der Waals surface area contributed by atoms with E-state index in [2.05, 4.69) is 25.9 Å². The maximum atomic E-state index is 5.95. The van der Waals surface area contributed by atoms with Gasteiger partial charge in [-0.3, -0.25) is 0 Å². The first-order chi connectivity index (χ1) is 8.56. The highest BCUT2D eigenvalue weighted by atomic mass is 79.9. The Balaban J connectivity index is 2.31. The molecule has 18 heavy (non-hydrogen) atoms. The zero-order valence-corrected chi connectivity index (χ0v) is 11.8. The highest BCUT2D eigenvalue weighted by Crippen LogP contribution is 2.27. The minimum atomic E-state index is 0.0991. The van der Waals surface area contributed by atoms with Crippen molar-refractivity contribution >= 4 is 21.6 Å². The van der Waals surface area contributed by atoms with E-state index in [1.54, 1.807) is 12.4 Å². The number of benzene rings is 1. The number of hydrogen-bond acceptors (Lipinski definition) is 4. The fraction of sp³-hybridized carbons (Fsp3) is 0.231. The molecule has 1 aromatic carbocycles. The van der Waals surface area contributed by atoms with Crippen LogP contribution in [0.4, 0.5) is 5.69 Å². The number of nitrogens with zero attached hydrogens (tertiary/aromatic N) is 2. The zero-order chi connectivity index (χ0) is 13.1. The molecule has 0 atom stereocenters. The first-order valence-corrected chi connectivity index (χ1v) is 6.39. The molecule has 0 unspecified atom stereocenters. The molecule has 2 aromatic rings. The molecule has 5 heteroatoms. The second kappa shape index (κ2) is 5.35. The van der Waals surface area contributed by atoms with Crippen LogP contribution in [0.25, 0.3) is 11.4 Å². The summed E-state index contributed by atoms with van der Waals surface area (Å²) in [5, 5.41) is 0. The highest BCUT2D eigenvalue weighted by molar-refractivity contribution is 9.10. The highest BCUT2D eigenvalue weighted by Gasteiger charge is 2.07. The van der Waals surface area contributed by atoms with Crippen LogP contribution >= 0.6 is 15.9 Å². The predicted octanol–water partition coefficient (Wildman–Crippen LogP) is 3.28. The topological polar surface area (TPSA) is 61.0 Å². The van der Waals surface area contributed by atoms with Gasteiger partial charge in [0.2, 0.25) is 0 Å². The molecule has 1 aromatic heterocycles. The molecule has 0 amide bonds. The number of halogens is 1. The van der Waals surface area contributed by atoms with E-state index in [1.807, 2.05) is 32.0 Å². The third-order valence-electron chi connectivity index (χ3n) is 2.25. The molecule has 2 rings (SSSR count). The van der Waals surface area contributed by atoms with E-state index in [9.17, 15) is 0 Å². The lowest BCUT2D eigenvalue weighted by molar-refractivity contribution is 0.244. The van der Waals surface area contributed by atoms with Crippen LogP contribution in [0.1, 0.15) is 13.8 Å². The lowest BCUT2D eigenvalue weighted by atomic mass is 10.1. The van der Waals surface area contributed by atoms with Crippen LogP contribution in [0.15, 0.2) is 35.1 Å². The summed E-state index contributed by atoms with van der Waals surface area (Å²) in [5.41, 5.74) is 7.41. The Morgan fingerprint density at radius 2 is 1.89 bits per heavy atom. The molecule has 94 valence electrons. The molecular weight excluding hydrogens is 294 g/mol. The van der Waals surface area contributed by atoms with Crippen molar-refractivity contribution in [3.8, 4) is 17.1 Å². The molecule has 0 fully saturated rings. The summed E-state index contributed by atoms with van der Waals surface area (Å²) >= 11 is 3.30. The van der Waals surface area contributed by atoms with E-state index in [4.69, 9.17) is 10.5 Å². The average Bonchev–Trinajstić information content (AvgIpc) is 2.32. The normalized spacial score (nSPS) is 10.7. The molecule has 0 saturated carbocycles. The molecule has 0 aliphatic carbocycles. The molecule has 1 heterocycles. The number of nitrogens with two attached hydrogens (primary N) is 1. The van der Waals surface area contributed by atoms with Crippen molar-refractivity contribution in [1.29, 1.82) is 0 Å². The molecule has 4 nitrogen and oxygen atoms in total. The summed E-state index contributed by atoms with van der Waals surface area (Å²) in [6, 6.07) is 5.56. The fourth-order valence-corrected chi connectivity index (χ4v) is 1.71. The van der Waals surface area contributed by atoms with Crippen molar-refractivity contribution in [2.45, 2.75) is 20.0 Å². The third kappa shape index (κ3) is 2.98. The van der Waals surface area contributed by atoms with Crippen LogP contribution in [-0.2, 0) is 0 Å².